The second kappa shape index (κ2) is 14.0. The van der Waals surface area contributed by atoms with E-state index in [2.05, 4.69) is 6.58 Å². The molecule has 0 spiro atoms. The molecule has 0 saturated carbocycles. The number of likely N-dealkylation sites (tertiary alicyclic amines) is 1. The number of nitro benzene ring substituents is 2. The van der Waals surface area contributed by atoms with Gasteiger partial charge in [-0.3, -0.25) is 25.0 Å². The van der Waals surface area contributed by atoms with Crippen molar-refractivity contribution in [2.75, 3.05) is 26.3 Å². The Bertz CT molecular complexity index is 1260. The molecule has 0 radical (unpaired) electrons. The van der Waals surface area contributed by atoms with Crippen LogP contribution in [0.4, 0.5) is 16.2 Å². The van der Waals surface area contributed by atoms with Crippen LogP contribution in [0.2, 0.25) is 0 Å². The molecule has 1 amide bonds. The van der Waals surface area contributed by atoms with Gasteiger partial charge in [-0.1, -0.05) is 30.8 Å². The molecule has 2 aromatic carbocycles. The van der Waals surface area contributed by atoms with Crippen molar-refractivity contribution in [2.45, 2.75) is 32.0 Å². The third-order valence-corrected chi connectivity index (χ3v) is 6.31. The molecule has 0 aliphatic carbocycles. The number of nitro groups is 2. The summed E-state index contributed by atoms with van der Waals surface area (Å²) in [5, 5.41) is 33.3. The second-order valence-corrected chi connectivity index (χ2v) is 9.32. The largest absolute Gasteiger partial charge is 0.463 e. The van der Waals surface area contributed by atoms with Crippen LogP contribution in [0.3, 0.4) is 0 Å². The van der Waals surface area contributed by atoms with E-state index in [1.807, 2.05) is 0 Å². The van der Waals surface area contributed by atoms with Crippen molar-refractivity contribution < 1.29 is 43.5 Å². The maximum atomic E-state index is 13.2. The van der Waals surface area contributed by atoms with E-state index >= 15 is 0 Å². The van der Waals surface area contributed by atoms with E-state index in [9.17, 15) is 39.7 Å². The van der Waals surface area contributed by atoms with Crippen LogP contribution in [0.1, 0.15) is 37.0 Å². The van der Waals surface area contributed by atoms with Crippen LogP contribution in [-0.2, 0) is 23.8 Å². The van der Waals surface area contributed by atoms with Gasteiger partial charge in [-0.2, -0.15) is 0 Å². The number of carbonyl (C=O) groups is 3. The minimum Gasteiger partial charge on any atom is -0.463 e. The van der Waals surface area contributed by atoms with Crippen LogP contribution < -0.4 is 0 Å². The average molecular weight is 572 g/mol. The minimum atomic E-state index is -1.45. The first kappa shape index (κ1) is 30.7. The molecule has 0 bridgehead atoms. The molecule has 2 aromatic rings. The third kappa shape index (κ3) is 8.08. The first-order valence-electron chi connectivity index (χ1n) is 12.6. The van der Waals surface area contributed by atoms with Crippen molar-refractivity contribution in [3.63, 3.8) is 0 Å². The minimum absolute atomic E-state index is 0.0360. The van der Waals surface area contributed by atoms with E-state index in [0.717, 1.165) is 0 Å². The molecule has 0 aromatic heterocycles. The molecule has 1 N–H and O–H groups in total. The van der Waals surface area contributed by atoms with E-state index in [0.29, 0.717) is 0 Å². The zero-order chi connectivity index (χ0) is 30.1. The highest BCUT2D eigenvalue weighted by Gasteiger charge is 2.35. The molecule has 1 unspecified atom stereocenters. The van der Waals surface area contributed by atoms with Gasteiger partial charge >= 0.3 is 18.0 Å². The number of carbonyl (C=O) groups excluding carboxylic acids is 3. The van der Waals surface area contributed by atoms with Crippen molar-refractivity contribution in [3.8, 4) is 0 Å². The summed E-state index contributed by atoms with van der Waals surface area (Å²) < 4.78 is 15.6. The summed E-state index contributed by atoms with van der Waals surface area (Å²) in [6, 6.07) is 11.0. The first-order valence-corrected chi connectivity index (χ1v) is 12.6. The highest BCUT2D eigenvalue weighted by atomic mass is 16.6. The number of hydrogen-bond donors (Lipinski definition) is 1. The van der Waals surface area contributed by atoms with E-state index in [-0.39, 0.29) is 60.6 Å². The molecule has 1 aliphatic rings. The van der Waals surface area contributed by atoms with Gasteiger partial charge in [0.1, 0.15) is 19.3 Å². The van der Waals surface area contributed by atoms with Crippen molar-refractivity contribution >= 4 is 29.4 Å². The normalized spacial score (nSPS) is 14.2. The summed E-state index contributed by atoms with van der Waals surface area (Å²) in [6.45, 7) is 4.27. The SMILES string of the molecule is C=C(C)C(=O)OCC(O)COC(=O)C1CCN(C(=O)OC(c2ccccc2[N+](=O)[O-])c2ccccc2[N+](=O)[O-])CC1. The number of rotatable bonds is 11. The molecular formula is C27H29N3O11. The fourth-order valence-corrected chi connectivity index (χ4v) is 4.16. The molecule has 1 atom stereocenters. The lowest BCUT2D eigenvalue weighted by Crippen LogP contribution is -2.41. The van der Waals surface area contributed by atoms with Crippen molar-refractivity contribution in [1.82, 2.24) is 4.90 Å². The number of nitrogens with zero attached hydrogens (tertiary/aromatic N) is 3. The monoisotopic (exact) mass is 571 g/mol. The van der Waals surface area contributed by atoms with Gasteiger partial charge in [0.2, 0.25) is 0 Å². The Hall–Kier alpha value is -4.85. The maximum absolute atomic E-state index is 13.2. The van der Waals surface area contributed by atoms with E-state index in [4.69, 9.17) is 14.2 Å². The van der Waals surface area contributed by atoms with E-state index in [1.165, 1.54) is 60.4 Å². The molecule has 3 rings (SSSR count). The number of para-hydroxylation sites is 2. The molecule has 1 saturated heterocycles. The number of ether oxygens (including phenoxy) is 3. The number of piperidine rings is 1. The Morgan fingerprint density at radius 2 is 1.44 bits per heavy atom. The van der Waals surface area contributed by atoms with Crippen LogP contribution in [-0.4, -0.2) is 70.3 Å². The Kier molecular flexibility index (Phi) is 10.5. The Labute approximate surface area is 234 Å². The van der Waals surface area contributed by atoms with E-state index in [1.54, 1.807) is 0 Å². The zero-order valence-corrected chi connectivity index (χ0v) is 22.2. The number of amides is 1. The fourth-order valence-electron chi connectivity index (χ4n) is 4.16. The molecule has 1 fully saturated rings. The predicted molar refractivity (Wildman–Crippen MR) is 142 cm³/mol. The molecule has 1 heterocycles. The highest BCUT2D eigenvalue weighted by molar-refractivity contribution is 5.86. The number of benzene rings is 2. The van der Waals surface area contributed by atoms with Crippen LogP contribution >= 0.6 is 0 Å². The Balaban J connectivity index is 1.66. The van der Waals surface area contributed by atoms with Crippen molar-refractivity contribution in [1.29, 1.82) is 0 Å². The Morgan fingerprint density at radius 3 is 1.93 bits per heavy atom. The lowest BCUT2D eigenvalue weighted by molar-refractivity contribution is -0.387. The number of aliphatic hydroxyl groups excluding tert-OH is 1. The van der Waals surface area contributed by atoms with Gasteiger partial charge < -0.3 is 24.2 Å². The molecule has 14 nitrogen and oxygen atoms in total. The number of hydrogen-bond acceptors (Lipinski definition) is 11. The summed E-state index contributed by atoms with van der Waals surface area (Å²) in [5.41, 5.74) is -0.657. The fraction of sp³-hybridized carbons (Fsp3) is 0.370. The van der Waals surface area contributed by atoms with Crippen molar-refractivity contribution in [3.05, 3.63) is 92.0 Å². The molecular weight excluding hydrogens is 542 g/mol. The van der Waals surface area contributed by atoms with Gasteiger partial charge in [-0.05, 0) is 31.9 Å². The van der Waals surface area contributed by atoms with Gasteiger partial charge in [0.05, 0.1) is 26.9 Å². The average Bonchev–Trinajstić information content (AvgIpc) is 2.97. The second-order valence-electron chi connectivity index (χ2n) is 9.32. The zero-order valence-electron chi connectivity index (χ0n) is 22.2. The van der Waals surface area contributed by atoms with Gasteiger partial charge in [-0.15, -0.1) is 0 Å². The van der Waals surface area contributed by atoms with Crippen molar-refractivity contribution in [2.24, 2.45) is 5.92 Å². The summed E-state index contributed by atoms with van der Waals surface area (Å²) in [7, 11) is 0. The molecule has 1 aliphatic heterocycles. The summed E-state index contributed by atoms with van der Waals surface area (Å²) in [4.78, 5) is 60.4. The standard InChI is InChI=1S/C27H29N3O11/c1-17(2)25(32)39-15-19(31)16-40-26(33)18-11-13-28(14-12-18)27(34)41-24(20-7-3-5-9-22(20)29(35)36)21-8-4-6-10-23(21)30(37)38/h3-10,18-19,24,31H,1,11-16H2,2H3. The van der Waals surface area contributed by atoms with Gasteiger partial charge in [-0.25, -0.2) is 9.59 Å². The highest BCUT2D eigenvalue weighted by Crippen LogP contribution is 2.37. The first-order chi connectivity index (χ1) is 19.5. The summed E-state index contributed by atoms with van der Waals surface area (Å²) in [5.74, 6) is -1.85. The maximum Gasteiger partial charge on any atom is 0.410 e. The van der Waals surface area contributed by atoms with Gasteiger partial charge in [0.25, 0.3) is 11.4 Å². The summed E-state index contributed by atoms with van der Waals surface area (Å²) in [6.07, 6.45) is -3.13. The van der Waals surface area contributed by atoms with E-state index < -0.39 is 52.6 Å². The number of aliphatic hydroxyl groups is 1. The van der Waals surface area contributed by atoms with Crippen LogP contribution in [0, 0.1) is 26.1 Å². The van der Waals surface area contributed by atoms with Gasteiger partial charge in [0, 0.05) is 30.8 Å². The molecule has 218 valence electrons. The smallest absolute Gasteiger partial charge is 0.410 e. The predicted octanol–water partition coefficient (Wildman–Crippen LogP) is 3.46. The van der Waals surface area contributed by atoms with Gasteiger partial charge in [0.15, 0.2) is 6.10 Å². The lowest BCUT2D eigenvalue weighted by atomic mass is 9.97. The topological polar surface area (TPSA) is 189 Å². The Morgan fingerprint density at radius 1 is 0.951 bits per heavy atom. The molecule has 14 heteroatoms. The van der Waals surface area contributed by atoms with Crippen LogP contribution in [0.15, 0.2) is 60.7 Å². The number of esters is 2. The molecule has 41 heavy (non-hydrogen) atoms. The van der Waals surface area contributed by atoms with Crippen LogP contribution in [0.5, 0.6) is 0 Å². The summed E-state index contributed by atoms with van der Waals surface area (Å²) >= 11 is 0. The lowest BCUT2D eigenvalue weighted by Gasteiger charge is -2.31. The van der Waals surface area contributed by atoms with Crippen LogP contribution in [0.25, 0.3) is 0 Å². The quantitative estimate of drug-likeness (QED) is 0.137. The third-order valence-electron chi connectivity index (χ3n) is 6.31.